The molecule has 122 valence electrons. The quantitative estimate of drug-likeness (QED) is 0.853. The second-order valence-electron chi connectivity index (χ2n) is 5.67. The Morgan fingerprint density at radius 2 is 2.14 bits per heavy atom. The predicted molar refractivity (Wildman–Crippen MR) is 84.0 cm³/mol. The molecule has 1 aliphatic heterocycles. The molecule has 6 heteroatoms. The summed E-state index contributed by atoms with van der Waals surface area (Å²) in [7, 11) is 1.63. The Hall–Kier alpha value is -1.69. The lowest BCUT2D eigenvalue weighted by Gasteiger charge is -2.19. The van der Waals surface area contributed by atoms with Gasteiger partial charge >= 0.3 is 0 Å². The summed E-state index contributed by atoms with van der Waals surface area (Å²) in [4.78, 5) is 33.6. The SMILES string of the molecule is CCCCC(=O)N1CCc2nc(CCOC)[nH]c(=O)c2CC1. The highest BCUT2D eigenvalue weighted by atomic mass is 16.5. The lowest BCUT2D eigenvalue weighted by Crippen LogP contribution is -2.33. The summed E-state index contributed by atoms with van der Waals surface area (Å²) in [6, 6.07) is 0. The molecule has 2 heterocycles. The van der Waals surface area contributed by atoms with E-state index in [0.717, 1.165) is 24.1 Å². The maximum Gasteiger partial charge on any atom is 0.254 e. The van der Waals surface area contributed by atoms with Crippen molar-refractivity contribution in [1.82, 2.24) is 14.9 Å². The van der Waals surface area contributed by atoms with E-state index < -0.39 is 0 Å². The molecule has 2 rings (SSSR count). The molecule has 0 fully saturated rings. The molecule has 22 heavy (non-hydrogen) atoms. The summed E-state index contributed by atoms with van der Waals surface area (Å²) in [6.45, 7) is 3.87. The standard InChI is InChI=1S/C16H25N3O3/c1-3-4-5-15(20)19-9-6-12-13(7-10-19)17-14(8-11-22-2)18-16(12)21/h3-11H2,1-2H3,(H,17,18,21). The van der Waals surface area contributed by atoms with Gasteiger partial charge in [-0.25, -0.2) is 4.98 Å². The van der Waals surface area contributed by atoms with E-state index >= 15 is 0 Å². The molecular weight excluding hydrogens is 282 g/mol. The van der Waals surface area contributed by atoms with Gasteiger partial charge < -0.3 is 14.6 Å². The van der Waals surface area contributed by atoms with Crippen LogP contribution in [0.15, 0.2) is 4.79 Å². The first-order chi connectivity index (χ1) is 10.7. The zero-order valence-corrected chi connectivity index (χ0v) is 13.5. The first-order valence-corrected chi connectivity index (χ1v) is 8.03. The van der Waals surface area contributed by atoms with Gasteiger partial charge in [-0.3, -0.25) is 9.59 Å². The summed E-state index contributed by atoms with van der Waals surface area (Å²) >= 11 is 0. The average molecular weight is 307 g/mol. The van der Waals surface area contributed by atoms with Crippen LogP contribution in [0.5, 0.6) is 0 Å². The minimum Gasteiger partial charge on any atom is -0.384 e. The maximum absolute atomic E-state index is 12.2. The molecule has 6 nitrogen and oxygen atoms in total. The van der Waals surface area contributed by atoms with Crippen LogP contribution in [0, 0.1) is 0 Å². The van der Waals surface area contributed by atoms with E-state index in [9.17, 15) is 9.59 Å². The molecule has 1 amide bonds. The van der Waals surface area contributed by atoms with Gasteiger partial charge in [0.05, 0.1) is 12.3 Å². The smallest absolute Gasteiger partial charge is 0.254 e. The van der Waals surface area contributed by atoms with Crippen molar-refractivity contribution in [3.8, 4) is 0 Å². The van der Waals surface area contributed by atoms with Gasteiger partial charge in [0.25, 0.3) is 5.56 Å². The number of methoxy groups -OCH3 is 1. The first-order valence-electron chi connectivity index (χ1n) is 8.03. The number of hydrogen-bond donors (Lipinski definition) is 1. The molecule has 1 aromatic rings. The minimum atomic E-state index is -0.0704. The third kappa shape index (κ3) is 4.16. The zero-order valence-electron chi connectivity index (χ0n) is 13.5. The van der Waals surface area contributed by atoms with Gasteiger partial charge in [-0.15, -0.1) is 0 Å². The zero-order chi connectivity index (χ0) is 15.9. The lowest BCUT2D eigenvalue weighted by molar-refractivity contribution is -0.131. The normalized spacial score (nSPS) is 14.5. The Balaban J connectivity index is 2.09. The minimum absolute atomic E-state index is 0.0704. The van der Waals surface area contributed by atoms with Gasteiger partial charge in [0.15, 0.2) is 0 Å². The van der Waals surface area contributed by atoms with Crippen LogP contribution in [-0.2, 0) is 28.8 Å². The number of carbonyl (C=O) groups is 1. The fourth-order valence-corrected chi connectivity index (χ4v) is 2.71. The molecule has 0 saturated heterocycles. The van der Waals surface area contributed by atoms with Crippen molar-refractivity contribution in [1.29, 1.82) is 0 Å². The van der Waals surface area contributed by atoms with Crippen molar-refractivity contribution in [2.75, 3.05) is 26.8 Å². The van der Waals surface area contributed by atoms with Crippen molar-refractivity contribution in [3.05, 3.63) is 27.4 Å². The number of nitrogens with zero attached hydrogens (tertiary/aromatic N) is 2. The molecule has 0 unspecified atom stereocenters. The van der Waals surface area contributed by atoms with Gasteiger partial charge in [-0.2, -0.15) is 0 Å². The van der Waals surface area contributed by atoms with Gasteiger partial charge in [0.1, 0.15) is 5.82 Å². The molecule has 0 aliphatic carbocycles. The van der Waals surface area contributed by atoms with E-state index in [1.807, 2.05) is 4.90 Å². The van der Waals surface area contributed by atoms with Gasteiger partial charge in [0, 0.05) is 45.0 Å². The van der Waals surface area contributed by atoms with E-state index in [1.54, 1.807) is 7.11 Å². The molecule has 1 N–H and O–H groups in total. The van der Waals surface area contributed by atoms with Gasteiger partial charge in [-0.1, -0.05) is 13.3 Å². The predicted octanol–water partition coefficient (Wildman–Crippen LogP) is 1.08. The fourth-order valence-electron chi connectivity index (χ4n) is 2.71. The fraction of sp³-hybridized carbons (Fsp3) is 0.688. The largest absolute Gasteiger partial charge is 0.384 e. The second kappa shape index (κ2) is 8.08. The van der Waals surface area contributed by atoms with E-state index in [4.69, 9.17) is 4.74 Å². The highest BCUT2D eigenvalue weighted by Gasteiger charge is 2.21. The first kappa shape index (κ1) is 16.7. The number of amides is 1. The summed E-state index contributed by atoms with van der Waals surface area (Å²) in [6.07, 6.45) is 4.36. The molecule has 0 radical (unpaired) electrons. The lowest BCUT2D eigenvalue weighted by atomic mass is 10.1. The average Bonchev–Trinajstić information content (AvgIpc) is 2.73. The Morgan fingerprint density at radius 1 is 1.36 bits per heavy atom. The number of carbonyl (C=O) groups excluding carboxylic acids is 1. The van der Waals surface area contributed by atoms with E-state index in [0.29, 0.717) is 51.2 Å². The third-order valence-electron chi connectivity index (χ3n) is 4.04. The van der Waals surface area contributed by atoms with E-state index in [1.165, 1.54) is 0 Å². The van der Waals surface area contributed by atoms with E-state index in [-0.39, 0.29) is 11.5 Å². The highest BCUT2D eigenvalue weighted by Crippen LogP contribution is 2.12. The number of rotatable bonds is 6. The number of fused-ring (bicyclic) bond motifs is 1. The second-order valence-corrected chi connectivity index (χ2v) is 5.67. The number of unbranched alkanes of at least 4 members (excludes halogenated alkanes) is 1. The Bertz CT molecular complexity index is 568. The van der Waals surface area contributed by atoms with Crippen LogP contribution in [0.2, 0.25) is 0 Å². The van der Waals surface area contributed by atoms with Crippen molar-refractivity contribution in [2.45, 2.75) is 45.4 Å². The number of aromatic nitrogens is 2. The van der Waals surface area contributed by atoms with Crippen LogP contribution < -0.4 is 5.56 Å². The number of aromatic amines is 1. The molecule has 0 aromatic carbocycles. The van der Waals surface area contributed by atoms with Crippen molar-refractivity contribution in [3.63, 3.8) is 0 Å². The van der Waals surface area contributed by atoms with Crippen LogP contribution in [-0.4, -0.2) is 47.6 Å². The molecule has 0 bridgehead atoms. The monoisotopic (exact) mass is 307 g/mol. The maximum atomic E-state index is 12.2. The Kier molecular flexibility index (Phi) is 6.12. The molecule has 0 spiro atoms. The van der Waals surface area contributed by atoms with Crippen molar-refractivity contribution in [2.24, 2.45) is 0 Å². The van der Waals surface area contributed by atoms with Crippen LogP contribution in [0.25, 0.3) is 0 Å². The number of ether oxygens (including phenoxy) is 1. The Morgan fingerprint density at radius 3 is 2.86 bits per heavy atom. The van der Waals surface area contributed by atoms with Crippen LogP contribution in [0.1, 0.15) is 43.3 Å². The van der Waals surface area contributed by atoms with Gasteiger partial charge in [0.2, 0.25) is 5.91 Å². The third-order valence-corrected chi connectivity index (χ3v) is 4.04. The van der Waals surface area contributed by atoms with Crippen LogP contribution in [0.3, 0.4) is 0 Å². The molecule has 1 aliphatic rings. The highest BCUT2D eigenvalue weighted by molar-refractivity contribution is 5.76. The van der Waals surface area contributed by atoms with Crippen molar-refractivity contribution < 1.29 is 9.53 Å². The van der Waals surface area contributed by atoms with Crippen LogP contribution in [0.4, 0.5) is 0 Å². The topological polar surface area (TPSA) is 75.3 Å². The Labute approximate surface area is 130 Å². The number of nitrogens with one attached hydrogen (secondary N) is 1. The molecular formula is C16H25N3O3. The summed E-state index contributed by atoms with van der Waals surface area (Å²) in [5.41, 5.74) is 1.49. The molecule has 0 saturated carbocycles. The van der Waals surface area contributed by atoms with E-state index in [2.05, 4.69) is 16.9 Å². The molecule has 1 aromatic heterocycles. The summed E-state index contributed by atoms with van der Waals surface area (Å²) in [5, 5.41) is 0. The van der Waals surface area contributed by atoms with Crippen LogP contribution >= 0.6 is 0 Å². The van der Waals surface area contributed by atoms with Gasteiger partial charge in [-0.05, 0) is 12.8 Å². The van der Waals surface area contributed by atoms with Crippen molar-refractivity contribution >= 4 is 5.91 Å². The molecule has 0 atom stereocenters. The number of H-pyrrole nitrogens is 1. The summed E-state index contributed by atoms with van der Waals surface area (Å²) < 4.78 is 5.03. The number of hydrogen-bond acceptors (Lipinski definition) is 4. The summed E-state index contributed by atoms with van der Waals surface area (Å²) in [5.74, 6) is 0.849.